The largest absolute Gasteiger partial charge is 0.396 e. The molecule has 0 saturated carbocycles. The Kier molecular flexibility index (Phi) is 5.15. The molecule has 0 aliphatic heterocycles. The zero-order chi connectivity index (χ0) is 12.9. The van der Waals surface area contributed by atoms with Gasteiger partial charge in [-0.25, -0.2) is 0 Å². The normalized spacial score (nSPS) is 14.1. The number of aliphatic hydroxyl groups excluding tert-OH is 1. The second-order valence-electron chi connectivity index (χ2n) is 4.35. The maximum Gasteiger partial charge on any atom is 0.251 e. The predicted octanol–water partition coefficient (Wildman–Crippen LogP) is 2.73. The van der Waals surface area contributed by atoms with Crippen molar-refractivity contribution in [1.29, 1.82) is 0 Å². The van der Waals surface area contributed by atoms with Gasteiger partial charge in [0.05, 0.1) is 0 Å². The van der Waals surface area contributed by atoms with Crippen LogP contribution in [0.5, 0.6) is 0 Å². The minimum absolute atomic E-state index is 0.0744. The number of benzene rings is 1. The first-order valence-corrected chi connectivity index (χ1v) is 6.49. The van der Waals surface area contributed by atoms with Gasteiger partial charge < -0.3 is 10.4 Å². The lowest BCUT2D eigenvalue weighted by Gasteiger charge is -2.29. The summed E-state index contributed by atoms with van der Waals surface area (Å²) in [6.45, 7) is 4.02. The van der Waals surface area contributed by atoms with Crippen molar-refractivity contribution in [3.63, 3.8) is 0 Å². The molecule has 1 rings (SSSR count). The van der Waals surface area contributed by atoms with Gasteiger partial charge in [0.25, 0.3) is 5.91 Å². The van der Waals surface area contributed by atoms with Gasteiger partial charge in [0, 0.05) is 22.2 Å². The number of hydrogen-bond donors (Lipinski definition) is 2. The molecule has 0 aliphatic rings. The molecule has 17 heavy (non-hydrogen) atoms. The van der Waals surface area contributed by atoms with Crippen LogP contribution in [-0.2, 0) is 0 Å². The SMILES string of the molecule is CCC(C)(CCO)NC(=O)c1ccc(Br)cc1. The third-order valence-corrected chi connectivity index (χ3v) is 3.49. The summed E-state index contributed by atoms with van der Waals surface area (Å²) in [6, 6.07) is 7.22. The van der Waals surface area contributed by atoms with Crippen LogP contribution in [0.3, 0.4) is 0 Å². The van der Waals surface area contributed by atoms with Crippen LogP contribution in [0.25, 0.3) is 0 Å². The van der Waals surface area contributed by atoms with Crippen molar-refractivity contribution in [1.82, 2.24) is 5.32 Å². The number of rotatable bonds is 5. The van der Waals surface area contributed by atoms with Crippen LogP contribution in [-0.4, -0.2) is 23.2 Å². The molecule has 0 fully saturated rings. The number of halogens is 1. The molecule has 94 valence electrons. The average molecular weight is 300 g/mol. The van der Waals surface area contributed by atoms with Gasteiger partial charge >= 0.3 is 0 Å². The Morgan fingerprint density at radius 2 is 2.00 bits per heavy atom. The van der Waals surface area contributed by atoms with Gasteiger partial charge in [-0.3, -0.25) is 4.79 Å². The van der Waals surface area contributed by atoms with Crippen molar-refractivity contribution in [2.24, 2.45) is 0 Å². The highest BCUT2D eigenvalue weighted by Gasteiger charge is 2.23. The van der Waals surface area contributed by atoms with E-state index in [-0.39, 0.29) is 18.1 Å². The van der Waals surface area contributed by atoms with Gasteiger partial charge in [-0.2, -0.15) is 0 Å². The molecule has 1 amide bonds. The minimum atomic E-state index is -0.348. The summed E-state index contributed by atoms with van der Waals surface area (Å²) in [5.74, 6) is -0.102. The van der Waals surface area contributed by atoms with Crippen molar-refractivity contribution < 1.29 is 9.90 Å². The van der Waals surface area contributed by atoms with E-state index >= 15 is 0 Å². The standard InChI is InChI=1S/C13H18BrNO2/c1-3-13(2,8-9-16)15-12(17)10-4-6-11(14)7-5-10/h4-7,16H,3,8-9H2,1-2H3,(H,15,17). The van der Waals surface area contributed by atoms with E-state index in [9.17, 15) is 4.79 Å². The Morgan fingerprint density at radius 3 is 2.47 bits per heavy atom. The summed E-state index contributed by atoms with van der Waals surface area (Å²) in [4.78, 5) is 12.0. The molecule has 0 bridgehead atoms. The number of nitrogens with one attached hydrogen (secondary N) is 1. The first-order valence-electron chi connectivity index (χ1n) is 5.69. The first-order chi connectivity index (χ1) is 8.00. The number of aliphatic hydroxyl groups is 1. The van der Waals surface area contributed by atoms with E-state index in [4.69, 9.17) is 5.11 Å². The van der Waals surface area contributed by atoms with Gasteiger partial charge in [-0.15, -0.1) is 0 Å². The van der Waals surface area contributed by atoms with Gasteiger partial charge in [0.1, 0.15) is 0 Å². The number of amides is 1. The Morgan fingerprint density at radius 1 is 1.41 bits per heavy atom. The smallest absolute Gasteiger partial charge is 0.251 e. The highest BCUT2D eigenvalue weighted by atomic mass is 79.9. The molecule has 1 unspecified atom stereocenters. The fourth-order valence-electron chi connectivity index (χ4n) is 1.52. The Hall–Kier alpha value is -0.870. The monoisotopic (exact) mass is 299 g/mol. The molecule has 4 heteroatoms. The lowest BCUT2D eigenvalue weighted by atomic mass is 9.94. The van der Waals surface area contributed by atoms with Crippen LogP contribution in [0.15, 0.2) is 28.7 Å². The topological polar surface area (TPSA) is 49.3 Å². The predicted molar refractivity (Wildman–Crippen MR) is 72.0 cm³/mol. The number of carbonyl (C=O) groups excluding carboxylic acids is 1. The lowest BCUT2D eigenvalue weighted by molar-refractivity contribution is 0.0886. The summed E-state index contributed by atoms with van der Waals surface area (Å²) in [6.07, 6.45) is 1.35. The van der Waals surface area contributed by atoms with Gasteiger partial charge in [0.15, 0.2) is 0 Å². The Labute approximate surface area is 110 Å². The third-order valence-electron chi connectivity index (χ3n) is 2.97. The summed E-state index contributed by atoms with van der Waals surface area (Å²) in [7, 11) is 0. The van der Waals surface area contributed by atoms with Crippen LogP contribution < -0.4 is 5.32 Å². The summed E-state index contributed by atoms with van der Waals surface area (Å²) < 4.78 is 0.947. The molecule has 0 spiro atoms. The van der Waals surface area contributed by atoms with Crippen molar-refractivity contribution in [2.45, 2.75) is 32.2 Å². The summed E-state index contributed by atoms with van der Waals surface area (Å²) >= 11 is 3.33. The van der Waals surface area contributed by atoms with E-state index in [2.05, 4.69) is 21.2 Å². The molecular formula is C13H18BrNO2. The third kappa shape index (κ3) is 4.13. The molecule has 1 aromatic carbocycles. The molecule has 0 radical (unpaired) electrons. The Bertz CT molecular complexity index is 378. The molecule has 2 N–H and O–H groups in total. The van der Waals surface area contributed by atoms with Crippen molar-refractivity contribution >= 4 is 21.8 Å². The highest BCUT2D eigenvalue weighted by Crippen LogP contribution is 2.16. The van der Waals surface area contributed by atoms with Gasteiger partial charge in [-0.05, 0) is 44.0 Å². The molecule has 0 heterocycles. The fourth-order valence-corrected chi connectivity index (χ4v) is 1.79. The lowest BCUT2D eigenvalue weighted by Crippen LogP contribution is -2.46. The van der Waals surface area contributed by atoms with Gasteiger partial charge in [-0.1, -0.05) is 22.9 Å². The van der Waals surface area contributed by atoms with Crippen molar-refractivity contribution in [2.75, 3.05) is 6.61 Å². The maximum absolute atomic E-state index is 12.0. The molecule has 1 atom stereocenters. The molecule has 1 aromatic rings. The first kappa shape index (κ1) is 14.2. The van der Waals surface area contributed by atoms with Crippen LogP contribution in [0.2, 0.25) is 0 Å². The van der Waals surface area contributed by atoms with Crippen LogP contribution >= 0.6 is 15.9 Å². The van der Waals surface area contributed by atoms with Crippen molar-refractivity contribution in [3.05, 3.63) is 34.3 Å². The van der Waals surface area contributed by atoms with E-state index < -0.39 is 0 Å². The summed E-state index contributed by atoms with van der Waals surface area (Å²) in [5.41, 5.74) is 0.282. The molecule has 0 aliphatic carbocycles. The van der Waals surface area contributed by atoms with E-state index in [1.54, 1.807) is 12.1 Å². The molecule has 0 aromatic heterocycles. The van der Waals surface area contributed by atoms with Crippen LogP contribution in [0.1, 0.15) is 37.0 Å². The molecule has 0 saturated heterocycles. The quantitative estimate of drug-likeness (QED) is 0.878. The van der Waals surface area contributed by atoms with Crippen LogP contribution in [0, 0.1) is 0 Å². The zero-order valence-corrected chi connectivity index (χ0v) is 11.8. The maximum atomic E-state index is 12.0. The van der Waals surface area contributed by atoms with E-state index in [1.807, 2.05) is 26.0 Å². The Balaban J connectivity index is 2.74. The molecular weight excluding hydrogens is 282 g/mol. The second kappa shape index (κ2) is 6.17. The van der Waals surface area contributed by atoms with E-state index in [0.29, 0.717) is 12.0 Å². The molecule has 3 nitrogen and oxygen atoms in total. The van der Waals surface area contributed by atoms with Crippen LogP contribution in [0.4, 0.5) is 0 Å². The van der Waals surface area contributed by atoms with E-state index in [1.165, 1.54) is 0 Å². The van der Waals surface area contributed by atoms with Crippen molar-refractivity contribution in [3.8, 4) is 0 Å². The number of hydrogen-bond acceptors (Lipinski definition) is 2. The van der Waals surface area contributed by atoms with E-state index in [0.717, 1.165) is 10.9 Å². The number of carbonyl (C=O) groups is 1. The fraction of sp³-hybridized carbons (Fsp3) is 0.462. The van der Waals surface area contributed by atoms with Gasteiger partial charge in [0.2, 0.25) is 0 Å². The second-order valence-corrected chi connectivity index (χ2v) is 5.26. The summed E-state index contributed by atoms with van der Waals surface area (Å²) in [5, 5.41) is 12.0. The average Bonchev–Trinajstić information content (AvgIpc) is 2.30. The minimum Gasteiger partial charge on any atom is -0.396 e. The zero-order valence-electron chi connectivity index (χ0n) is 10.2. The highest BCUT2D eigenvalue weighted by molar-refractivity contribution is 9.10.